The van der Waals surface area contributed by atoms with Gasteiger partial charge < -0.3 is 40.2 Å². The number of carbonyl (C=O) groups is 6. The highest BCUT2D eigenvalue weighted by molar-refractivity contribution is 7.98. The highest BCUT2D eigenvalue weighted by Gasteiger charge is 2.28. The number of ether oxygens (including phenoxy) is 2. The van der Waals surface area contributed by atoms with Crippen LogP contribution in [0.2, 0.25) is 0 Å². The molecule has 0 aliphatic rings. The van der Waals surface area contributed by atoms with E-state index in [2.05, 4.69) is 30.8 Å². The van der Waals surface area contributed by atoms with Crippen LogP contribution in [0, 0.1) is 0 Å². The lowest BCUT2D eigenvalue weighted by molar-refractivity contribution is -0.147. The number of nitrogens with one attached hydrogen (secondary N) is 5. The molecular formula is C34H47N5O12S2. The topological polar surface area (TPSA) is 245 Å². The van der Waals surface area contributed by atoms with Gasteiger partial charge in [-0.1, -0.05) is 42.5 Å². The number of amides is 5. The number of hydrogen-bond donors (Lipinski definition) is 6. The molecule has 53 heavy (non-hydrogen) atoms. The monoisotopic (exact) mass is 781 g/mol. The summed E-state index contributed by atoms with van der Waals surface area (Å²) in [5, 5.41) is 12.4. The Hall–Kier alpha value is -4.88. The predicted octanol–water partition coefficient (Wildman–Crippen LogP) is 1.06. The van der Waals surface area contributed by atoms with Crippen LogP contribution < -0.4 is 30.8 Å². The molecule has 0 aliphatic carbocycles. The third-order valence-electron chi connectivity index (χ3n) is 6.87. The van der Waals surface area contributed by atoms with Crippen molar-refractivity contribution in [3.63, 3.8) is 0 Å². The minimum absolute atomic E-state index is 0.0861. The Balaban J connectivity index is 2.06. The molecule has 0 heterocycles. The summed E-state index contributed by atoms with van der Waals surface area (Å²) in [6, 6.07) is 10.8. The molecule has 0 spiro atoms. The Bertz CT molecular complexity index is 1650. The highest BCUT2D eigenvalue weighted by atomic mass is 32.3. The molecule has 0 radical (unpaired) electrons. The maximum absolute atomic E-state index is 13.3. The number of rotatable bonds is 20. The normalized spacial score (nSPS) is 12.9. The Morgan fingerprint density at radius 2 is 1.36 bits per heavy atom. The predicted molar refractivity (Wildman–Crippen MR) is 195 cm³/mol. The fourth-order valence-corrected chi connectivity index (χ4v) is 5.36. The van der Waals surface area contributed by atoms with E-state index in [9.17, 15) is 37.2 Å². The third-order valence-corrected chi connectivity index (χ3v) is 7.92. The zero-order valence-electron chi connectivity index (χ0n) is 30.1. The second kappa shape index (κ2) is 21.6. The molecular weight excluding hydrogens is 735 g/mol. The first-order valence-corrected chi connectivity index (χ1v) is 19.2. The molecule has 6 N–H and O–H groups in total. The Morgan fingerprint density at radius 1 is 0.774 bits per heavy atom. The van der Waals surface area contributed by atoms with Gasteiger partial charge in [0.1, 0.15) is 29.5 Å². The van der Waals surface area contributed by atoms with Crippen LogP contribution in [0.15, 0.2) is 54.6 Å². The van der Waals surface area contributed by atoms with E-state index in [0.29, 0.717) is 17.7 Å². The van der Waals surface area contributed by atoms with Crippen molar-refractivity contribution in [3.05, 3.63) is 65.7 Å². The van der Waals surface area contributed by atoms with E-state index in [0.717, 1.165) is 5.56 Å². The number of carbonyl (C=O) groups excluding carboxylic acids is 6. The molecule has 3 atom stereocenters. The van der Waals surface area contributed by atoms with Crippen LogP contribution in [0.3, 0.4) is 0 Å². The van der Waals surface area contributed by atoms with E-state index in [-0.39, 0.29) is 25.2 Å². The summed E-state index contributed by atoms with van der Waals surface area (Å²) in [5.74, 6) is -3.11. The van der Waals surface area contributed by atoms with Gasteiger partial charge in [0.05, 0.1) is 19.7 Å². The fourth-order valence-electron chi connectivity index (χ4n) is 4.53. The summed E-state index contributed by atoms with van der Waals surface area (Å²) in [6.07, 6.45) is 1.21. The smallest absolute Gasteiger partial charge is 0.446 e. The summed E-state index contributed by atoms with van der Waals surface area (Å²) in [6.45, 7) is 5.50. The first kappa shape index (κ1) is 44.3. The van der Waals surface area contributed by atoms with Gasteiger partial charge in [-0.25, -0.2) is 9.59 Å². The first-order valence-electron chi connectivity index (χ1n) is 16.5. The summed E-state index contributed by atoms with van der Waals surface area (Å²) < 4.78 is 45.6. The van der Waals surface area contributed by atoms with E-state index >= 15 is 0 Å². The second-order valence-electron chi connectivity index (χ2n) is 12.5. The molecule has 5 amide bonds. The van der Waals surface area contributed by atoms with Gasteiger partial charge in [0.2, 0.25) is 23.6 Å². The number of esters is 1. The van der Waals surface area contributed by atoms with Crippen molar-refractivity contribution < 1.29 is 55.4 Å². The van der Waals surface area contributed by atoms with Crippen molar-refractivity contribution in [2.75, 3.05) is 31.7 Å². The van der Waals surface area contributed by atoms with Crippen LogP contribution in [-0.4, -0.2) is 104 Å². The Labute approximate surface area is 313 Å². The number of thioether (sulfide) groups is 1. The van der Waals surface area contributed by atoms with Crippen molar-refractivity contribution in [1.82, 2.24) is 26.6 Å². The van der Waals surface area contributed by atoms with Gasteiger partial charge in [0.15, 0.2) is 0 Å². The zero-order chi connectivity index (χ0) is 39.6. The molecule has 292 valence electrons. The van der Waals surface area contributed by atoms with Crippen LogP contribution in [0.5, 0.6) is 5.75 Å². The van der Waals surface area contributed by atoms with E-state index in [1.165, 1.54) is 36.0 Å². The van der Waals surface area contributed by atoms with Gasteiger partial charge >= 0.3 is 22.5 Å². The molecule has 0 bridgehead atoms. The quantitative estimate of drug-likeness (QED) is 0.0815. The Morgan fingerprint density at radius 3 is 1.92 bits per heavy atom. The molecule has 0 unspecified atom stereocenters. The molecule has 0 saturated carbocycles. The van der Waals surface area contributed by atoms with E-state index in [1.54, 1.807) is 58.0 Å². The maximum atomic E-state index is 13.3. The summed E-state index contributed by atoms with van der Waals surface area (Å²) in [5.41, 5.74) is 0.281. The van der Waals surface area contributed by atoms with E-state index in [4.69, 9.17) is 14.0 Å². The molecule has 0 aromatic heterocycles. The Kier molecular flexibility index (Phi) is 18.0. The average Bonchev–Trinajstić information content (AvgIpc) is 3.07. The van der Waals surface area contributed by atoms with Crippen LogP contribution in [0.25, 0.3) is 0 Å². The lowest BCUT2D eigenvalue weighted by atomic mass is 10.0. The minimum atomic E-state index is -4.76. The molecule has 0 fully saturated rings. The molecule has 2 aromatic carbocycles. The lowest BCUT2D eigenvalue weighted by Crippen LogP contribution is -2.54. The van der Waals surface area contributed by atoms with E-state index < -0.39 is 82.9 Å². The van der Waals surface area contributed by atoms with Crippen molar-refractivity contribution >= 4 is 57.9 Å². The summed E-state index contributed by atoms with van der Waals surface area (Å²) in [4.78, 5) is 77.1. The van der Waals surface area contributed by atoms with Crippen LogP contribution >= 0.6 is 11.8 Å². The second-order valence-corrected chi connectivity index (χ2v) is 14.5. The van der Waals surface area contributed by atoms with Gasteiger partial charge in [-0.15, -0.1) is 0 Å². The fraction of sp³-hybridized carbons (Fsp3) is 0.471. The maximum Gasteiger partial charge on any atom is 0.446 e. The molecule has 0 saturated heterocycles. The van der Waals surface area contributed by atoms with Crippen LogP contribution in [0.1, 0.15) is 45.2 Å². The van der Waals surface area contributed by atoms with Gasteiger partial charge in [-0.2, -0.15) is 20.2 Å². The minimum Gasteiger partial charge on any atom is -0.464 e. The molecule has 19 heteroatoms. The van der Waals surface area contributed by atoms with Crippen LogP contribution in [0.4, 0.5) is 4.79 Å². The van der Waals surface area contributed by atoms with Gasteiger partial charge in [0, 0.05) is 12.8 Å². The SMILES string of the molecule is CCOC(=O)[C@H](CCSC)NC(=O)[C@H](Cc1ccccc1)NC(=O)CNC(=O)CNC(=O)[C@H](Cc1ccc(OS(=O)(=O)O)cc1)NC(=O)OC(C)(C)C. The van der Waals surface area contributed by atoms with Crippen molar-refractivity contribution in [2.24, 2.45) is 0 Å². The summed E-state index contributed by atoms with van der Waals surface area (Å²) >= 11 is 1.49. The largest absolute Gasteiger partial charge is 0.464 e. The standard InChI is InChI=1S/C34H47N5O12S2/c1-6-49-32(44)25(16-17-52-5)38-31(43)27(18-22-10-8-7-9-11-22)37-29(41)21-35-28(40)20-36-30(42)26(39-33(45)50-34(2,3)4)19-23-12-14-24(15-13-23)51-53(46,47)48/h7-15,25-27H,6,16-21H2,1-5H3,(H,35,40)(H,36,42)(H,37,41)(H,38,43)(H,39,45)(H,46,47,48)/t25-,26-,27-/m0/s1. The summed E-state index contributed by atoms with van der Waals surface area (Å²) in [7, 11) is -4.76. The molecule has 2 aromatic rings. The molecule has 2 rings (SSSR count). The lowest BCUT2D eigenvalue weighted by Gasteiger charge is -2.23. The average molecular weight is 782 g/mol. The van der Waals surface area contributed by atoms with Crippen LogP contribution in [-0.2, 0) is 56.7 Å². The first-order chi connectivity index (χ1) is 24.9. The molecule has 17 nitrogen and oxygen atoms in total. The van der Waals surface area contributed by atoms with Crippen molar-refractivity contribution in [1.29, 1.82) is 0 Å². The number of alkyl carbamates (subject to hydrolysis) is 1. The third kappa shape index (κ3) is 18.4. The number of hydrogen-bond acceptors (Lipinski definition) is 12. The van der Waals surface area contributed by atoms with Gasteiger partial charge in [-0.3, -0.25) is 23.7 Å². The van der Waals surface area contributed by atoms with Gasteiger partial charge in [0.25, 0.3) is 0 Å². The highest BCUT2D eigenvalue weighted by Crippen LogP contribution is 2.16. The van der Waals surface area contributed by atoms with Gasteiger partial charge in [-0.05, 0) is 69.4 Å². The molecule has 0 aliphatic heterocycles. The van der Waals surface area contributed by atoms with E-state index in [1.807, 2.05) is 6.26 Å². The van der Waals surface area contributed by atoms with Crippen molar-refractivity contribution in [2.45, 2.75) is 70.7 Å². The zero-order valence-corrected chi connectivity index (χ0v) is 31.8. The van der Waals surface area contributed by atoms with Crippen molar-refractivity contribution in [3.8, 4) is 5.75 Å². The number of benzene rings is 2.